The summed E-state index contributed by atoms with van der Waals surface area (Å²) in [6.45, 7) is 8.22. The lowest BCUT2D eigenvalue weighted by Gasteiger charge is -2.24. The predicted octanol–water partition coefficient (Wildman–Crippen LogP) is 3.04. The van der Waals surface area contributed by atoms with E-state index < -0.39 is 0 Å². The molecule has 1 aliphatic rings. The Hall–Kier alpha value is -1.53. The van der Waals surface area contributed by atoms with Crippen LogP contribution in [0.3, 0.4) is 0 Å². The van der Waals surface area contributed by atoms with Crippen LogP contribution in [0.1, 0.15) is 44.7 Å². The van der Waals surface area contributed by atoms with Gasteiger partial charge in [0.25, 0.3) is 0 Å². The van der Waals surface area contributed by atoms with Gasteiger partial charge in [0.1, 0.15) is 6.07 Å². The van der Waals surface area contributed by atoms with Crippen molar-refractivity contribution in [1.29, 1.82) is 5.26 Å². The van der Waals surface area contributed by atoms with E-state index in [4.69, 9.17) is 0 Å². The topological polar surface area (TPSA) is 39.1 Å². The average Bonchev–Trinajstić information content (AvgIpc) is 3.22. The highest BCUT2D eigenvalue weighted by Gasteiger charge is 2.29. The van der Waals surface area contributed by atoms with E-state index in [2.05, 4.69) is 49.2 Å². The summed E-state index contributed by atoms with van der Waals surface area (Å²) >= 11 is 0. The molecule has 0 atom stereocenters. The number of nitrogens with zero attached hydrogens (tertiary/aromatic N) is 2. The summed E-state index contributed by atoms with van der Waals surface area (Å²) in [5, 5.41) is 12.8. The molecule has 102 valence electrons. The first-order chi connectivity index (χ1) is 9.15. The van der Waals surface area contributed by atoms with Gasteiger partial charge < -0.3 is 10.2 Å². The number of nitrogens with one attached hydrogen (secondary N) is 1. The monoisotopic (exact) mass is 257 g/mol. The van der Waals surface area contributed by atoms with Crippen molar-refractivity contribution in [3.05, 3.63) is 29.3 Å². The third-order valence-corrected chi connectivity index (χ3v) is 3.53. The Balaban J connectivity index is 2.18. The van der Waals surface area contributed by atoms with Crippen molar-refractivity contribution < 1.29 is 0 Å². The van der Waals surface area contributed by atoms with E-state index in [1.54, 1.807) is 0 Å². The molecule has 19 heavy (non-hydrogen) atoms. The van der Waals surface area contributed by atoms with E-state index in [0.29, 0.717) is 12.1 Å². The first kappa shape index (κ1) is 13.9. The van der Waals surface area contributed by atoms with Crippen molar-refractivity contribution in [3.8, 4) is 6.07 Å². The fourth-order valence-electron chi connectivity index (χ4n) is 2.37. The molecule has 2 rings (SSSR count). The Morgan fingerprint density at radius 2 is 2.16 bits per heavy atom. The number of rotatable bonds is 6. The summed E-state index contributed by atoms with van der Waals surface area (Å²) in [4.78, 5) is 2.36. The Morgan fingerprint density at radius 1 is 1.42 bits per heavy atom. The van der Waals surface area contributed by atoms with Crippen molar-refractivity contribution >= 4 is 5.69 Å². The molecular formula is C16H23N3. The van der Waals surface area contributed by atoms with Gasteiger partial charge in [-0.2, -0.15) is 5.26 Å². The lowest BCUT2D eigenvalue weighted by molar-refractivity contribution is 0.589. The van der Waals surface area contributed by atoms with Crippen molar-refractivity contribution in [2.24, 2.45) is 0 Å². The van der Waals surface area contributed by atoms with Crippen molar-refractivity contribution in [1.82, 2.24) is 5.32 Å². The summed E-state index contributed by atoms with van der Waals surface area (Å²) in [5.41, 5.74) is 3.08. The van der Waals surface area contributed by atoms with Crippen LogP contribution in [0.4, 0.5) is 5.69 Å². The average molecular weight is 257 g/mol. The van der Waals surface area contributed by atoms with Crippen LogP contribution in [-0.4, -0.2) is 18.6 Å². The molecule has 3 heteroatoms. The molecule has 1 aromatic rings. The second-order valence-electron chi connectivity index (χ2n) is 5.52. The van der Waals surface area contributed by atoms with Crippen molar-refractivity contribution in [3.63, 3.8) is 0 Å². The highest BCUT2D eigenvalue weighted by atomic mass is 15.2. The molecule has 1 aliphatic carbocycles. The van der Waals surface area contributed by atoms with E-state index >= 15 is 0 Å². The maximum atomic E-state index is 9.37. The van der Waals surface area contributed by atoms with Crippen molar-refractivity contribution in [2.45, 2.75) is 52.2 Å². The Bertz CT molecular complexity index is 469. The standard InChI is InChI=1S/C16H23N3/c1-4-19(15-6-7-15)16-8-5-13(9-14(16)10-17)11-18-12(2)3/h5,8-9,12,15,18H,4,6-7,11H2,1-3H3. The molecule has 0 amide bonds. The molecule has 0 aromatic heterocycles. The summed E-state index contributed by atoms with van der Waals surface area (Å²) < 4.78 is 0. The maximum Gasteiger partial charge on any atom is 0.101 e. The quantitative estimate of drug-likeness (QED) is 0.851. The maximum absolute atomic E-state index is 9.37. The van der Waals surface area contributed by atoms with Crippen LogP contribution in [0, 0.1) is 11.3 Å². The summed E-state index contributed by atoms with van der Waals surface area (Å²) in [6, 6.07) is 9.73. The van der Waals surface area contributed by atoms with Gasteiger partial charge in [0, 0.05) is 25.2 Å². The number of benzene rings is 1. The van der Waals surface area contributed by atoms with Gasteiger partial charge in [-0.1, -0.05) is 19.9 Å². The zero-order chi connectivity index (χ0) is 13.8. The normalized spacial score (nSPS) is 14.5. The van der Waals surface area contributed by atoms with Crippen LogP contribution in [0.25, 0.3) is 0 Å². The molecule has 0 bridgehead atoms. The molecule has 1 N–H and O–H groups in total. The third-order valence-electron chi connectivity index (χ3n) is 3.53. The third kappa shape index (κ3) is 3.48. The van der Waals surface area contributed by atoms with E-state index in [9.17, 15) is 5.26 Å². The van der Waals surface area contributed by atoms with Crippen LogP contribution < -0.4 is 10.2 Å². The van der Waals surface area contributed by atoms with Gasteiger partial charge in [-0.25, -0.2) is 0 Å². The molecular weight excluding hydrogens is 234 g/mol. The largest absolute Gasteiger partial charge is 0.368 e. The van der Waals surface area contributed by atoms with Gasteiger partial charge in [0.2, 0.25) is 0 Å². The first-order valence-corrected chi connectivity index (χ1v) is 7.18. The molecule has 0 unspecified atom stereocenters. The highest BCUT2D eigenvalue weighted by molar-refractivity contribution is 5.61. The van der Waals surface area contributed by atoms with Gasteiger partial charge in [-0.3, -0.25) is 0 Å². The minimum atomic E-state index is 0.462. The van der Waals surface area contributed by atoms with Crippen LogP contribution >= 0.6 is 0 Å². The van der Waals surface area contributed by atoms with Gasteiger partial charge in [0.15, 0.2) is 0 Å². The van der Waals surface area contributed by atoms with Gasteiger partial charge in [0.05, 0.1) is 11.3 Å². The number of hydrogen-bond donors (Lipinski definition) is 1. The highest BCUT2D eigenvalue weighted by Crippen LogP contribution is 2.33. The number of nitriles is 1. The molecule has 0 heterocycles. The lowest BCUT2D eigenvalue weighted by atomic mass is 10.1. The fourth-order valence-corrected chi connectivity index (χ4v) is 2.37. The van der Waals surface area contributed by atoms with Crippen molar-refractivity contribution in [2.75, 3.05) is 11.4 Å². The van der Waals surface area contributed by atoms with Crippen LogP contribution in [0.2, 0.25) is 0 Å². The minimum absolute atomic E-state index is 0.462. The van der Waals surface area contributed by atoms with Crippen LogP contribution in [-0.2, 0) is 6.54 Å². The zero-order valence-corrected chi connectivity index (χ0v) is 12.1. The molecule has 0 spiro atoms. The lowest BCUT2D eigenvalue weighted by Crippen LogP contribution is -2.26. The summed E-state index contributed by atoms with van der Waals surface area (Å²) in [6.07, 6.45) is 2.52. The first-order valence-electron chi connectivity index (χ1n) is 7.18. The smallest absolute Gasteiger partial charge is 0.101 e. The van der Waals surface area contributed by atoms with E-state index in [-0.39, 0.29) is 0 Å². The summed E-state index contributed by atoms with van der Waals surface area (Å²) in [5.74, 6) is 0. The number of hydrogen-bond acceptors (Lipinski definition) is 3. The SMILES string of the molecule is CCN(c1ccc(CNC(C)C)cc1C#N)C1CC1. The summed E-state index contributed by atoms with van der Waals surface area (Å²) in [7, 11) is 0. The molecule has 3 nitrogen and oxygen atoms in total. The van der Waals surface area contributed by atoms with E-state index in [1.807, 2.05) is 6.07 Å². The fraction of sp³-hybridized carbons (Fsp3) is 0.562. The Morgan fingerprint density at radius 3 is 2.68 bits per heavy atom. The van der Waals surface area contributed by atoms with E-state index in [1.165, 1.54) is 18.4 Å². The molecule has 0 saturated heterocycles. The van der Waals surface area contributed by atoms with Gasteiger partial charge in [-0.15, -0.1) is 0 Å². The second kappa shape index (κ2) is 6.08. The molecule has 0 radical (unpaired) electrons. The Kier molecular flexibility index (Phi) is 4.44. The minimum Gasteiger partial charge on any atom is -0.368 e. The second-order valence-corrected chi connectivity index (χ2v) is 5.52. The molecule has 1 aromatic carbocycles. The molecule has 0 aliphatic heterocycles. The number of anilines is 1. The molecule has 1 fully saturated rings. The van der Waals surface area contributed by atoms with Gasteiger partial charge in [-0.05, 0) is 37.5 Å². The van der Waals surface area contributed by atoms with Gasteiger partial charge >= 0.3 is 0 Å². The predicted molar refractivity (Wildman–Crippen MR) is 79.2 cm³/mol. The van der Waals surface area contributed by atoms with Crippen LogP contribution in [0.15, 0.2) is 18.2 Å². The van der Waals surface area contributed by atoms with E-state index in [0.717, 1.165) is 24.3 Å². The van der Waals surface area contributed by atoms with Crippen LogP contribution in [0.5, 0.6) is 0 Å². The molecule has 1 saturated carbocycles. The Labute approximate surface area is 116 Å². The zero-order valence-electron chi connectivity index (χ0n) is 12.1.